The van der Waals surface area contributed by atoms with Gasteiger partial charge in [-0.25, -0.2) is 4.39 Å². The Hall–Kier alpha value is -0.330. The number of hydrogen-bond acceptors (Lipinski definition) is 4. The van der Waals surface area contributed by atoms with Gasteiger partial charge >= 0.3 is 0 Å². The van der Waals surface area contributed by atoms with Crippen molar-refractivity contribution in [1.82, 2.24) is 4.90 Å². The third-order valence-corrected chi connectivity index (χ3v) is 6.98. The van der Waals surface area contributed by atoms with E-state index in [1.165, 1.54) is 0 Å². The minimum Gasteiger partial charge on any atom is -0.381 e. The Morgan fingerprint density at radius 1 is 1.32 bits per heavy atom. The topological polar surface area (TPSA) is 38.8 Å². The number of rotatable bonds is 4. The van der Waals surface area contributed by atoms with Gasteiger partial charge in [0.05, 0.1) is 10.9 Å². The average molecular weight is 329 g/mol. The van der Waals surface area contributed by atoms with Gasteiger partial charge in [0.2, 0.25) is 0 Å². The molecule has 3 aliphatic heterocycles. The van der Waals surface area contributed by atoms with E-state index >= 15 is 0 Å². The first-order valence-corrected chi connectivity index (χ1v) is 9.39. The average Bonchev–Trinajstić information content (AvgIpc) is 3.11. The van der Waals surface area contributed by atoms with Gasteiger partial charge in [-0.1, -0.05) is 0 Å². The number of likely N-dealkylation sites (tertiary alicyclic amines) is 1. The predicted molar refractivity (Wildman–Crippen MR) is 82.7 cm³/mol. The van der Waals surface area contributed by atoms with Crippen LogP contribution in [-0.4, -0.2) is 66.0 Å². The van der Waals surface area contributed by atoms with Crippen LogP contribution in [0.4, 0.5) is 4.39 Å². The van der Waals surface area contributed by atoms with Crippen LogP contribution in [0.1, 0.15) is 32.1 Å². The Labute approximate surface area is 135 Å². The van der Waals surface area contributed by atoms with Crippen LogP contribution in [0.3, 0.4) is 0 Å². The lowest BCUT2D eigenvalue weighted by molar-refractivity contribution is -0.144. The van der Waals surface area contributed by atoms with Crippen LogP contribution in [0.15, 0.2) is 0 Å². The molecular formula is C16H24FNO3S. The molecule has 1 atom stereocenters. The number of nitrogens with zero attached hydrogens (tertiary/aromatic N) is 1. The molecule has 0 unspecified atom stereocenters. The number of alkyl halides is 1. The first-order valence-electron chi connectivity index (χ1n) is 8.40. The third kappa shape index (κ3) is 2.89. The fourth-order valence-corrected chi connectivity index (χ4v) is 5.27. The molecule has 0 radical (unpaired) electrons. The summed E-state index contributed by atoms with van der Waals surface area (Å²) in [6, 6.07) is 0. The monoisotopic (exact) mass is 329 g/mol. The Balaban J connectivity index is 1.21. The molecule has 0 aromatic rings. The van der Waals surface area contributed by atoms with Gasteiger partial charge in [0.25, 0.3) is 5.91 Å². The molecule has 0 N–H and O–H groups in total. The van der Waals surface area contributed by atoms with Crippen LogP contribution < -0.4 is 0 Å². The molecule has 22 heavy (non-hydrogen) atoms. The summed E-state index contributed by atoms with van der Waals surface area (Å²) in [6.07, 6.45) is 4.34. The van der Waals surface area contributed by atoms with E-state index in [4.69, 9.17) is 9.47 Å². The molecule has 4 nitrogen and oxygen atoms in total. The van der Waals surface area contributed by atoms with Crippen molar-refractivity contribution in [2.75, 3.05) is 38.7 Å². The quantitative estimate of drug-likeness (QED) is 0.791. The first kappa shape index (κ1) is 15.2. The third-order valence-electron chi connectivity index (χ3n) is 5.40. The second kappa shape index (κ2) is 5.64. The normalized spacial score (nSPS) is 33.0. The van der Waals surface area contributed by atoms with E-state index in [-0.39, 0.29) is 10.7 Å². The number of halogens is 1. The van der Waals surface area contributed by atoms with Crippen molar-refractivity contribution < 1.29 is 18.7 Å². The number of carbonyl (C=O) groups is 1. The maximum atomic E-state index is 13.8. The Morgan fingerprint density at radius 3 is 2.73 bits per heavy atom. The van der Waals surface area contributed by atoms with Crippen molar-refractivity contribution in [1.29, 1.82) is 0 Å². The van der Waals surface area contributed by atoms with E-state index in [9.17, 15) is 9.18 Å². The number of hydrogen-bond donors (Lipinski definition) is 0. The minimum atomic E-state index is -1.51. The number of thioether (sulfide) groups is 1. The van der Waals surface area contributed by atoms with Crippen LogP contribution in [0.25, 0.3) is 0 Å². The molecular weight excluding hydrogens is 305 g/mol. The summed E-state index contributed by atoms with van der Waals surface area (Å²) in [5.74, 6) is 1.37. The first-order chi connectivity index (χ1) is 10.6. The van der Waals surface area contributed by atoms with Crippen molar-refractivity contribution in [3.63, 3.8) is 0 Å². The largest absolute Gasteiger partial charge is 0.381 e. The van der Waals surface area contributed by atoms with Crippen LogP contribution in [0.2, 0.25) is 0 Å². The predicted octanol–water partition coefficient (Wildman–Crippen LogP) is 2.02. The molecule has 4 fully saturated rings. The molecule has 0 aromatic carbocycles. The maximum Gasteiger partial charge on any atom is 0.260 e. The van der Waals surface area contributed by atoms with Crippen molar-refractivity contribution in [3.8, 4) is 0 Å². The lowest BCUT2D eigenvalue weighted by Crippen LogP contribution is -2.62. The van der Waals surface area contributed by atoms with E-state index in [2.05, 4.69) is 0 Å². The molecule has 1 aliphatic carbocycles. The molecule has 3 heterocycles. The second-order valence-corrected chi connectivity index (χ2v) is 8.82. The summed E-state index contributed by atoms with van der Waals surface area (Å²) >= 11 is 1.91. The van der Waals surface area contributed by atoms with Gasteiger partial charge in [0.15, 0.2) is 5.67 Å². The highest BCUT2D eigenvalue weighted by Crippen LogP contribution is 2.49. The summed E-state index contributed by atoms with van der Waals surface area (Å²) < 4.78 is 25.4. The summed E-state index contributed by atoms with van der Waals surface area (Å²) in [5, 5.41) is 0. The number of ether oxygens (including phenoxy) is 2. The minimum absolute atomic E-state index is 0.140. The Morgan fingerprint density at radius 2 is 2.05 bits per heavy atom. The van der Waals surface area contributed by atoms with Crippen LogP contribution >= 0.6 is 11.8 Å². The van der Waals surface area contributed by atoms with E-state index in [1.807, 2.05) is 11.8 Å². The van der Waals surface area contributed by atoms with E-state index < -0.39 is 5.67 Å². The van der Waals surface area contributed by atoms with Gasteiger partial charge in [-0.05, 0) is 38.0 Å². The Bertz CT molecular complexity index is 445. The van der Waals surface area contributed by atoms with Gasteiger partial charge in [0.1, 0.15) is 0 Å². The van der Waals surface area contributed by atoms with Crippen molar-refractivity contribution in [2.24, 2.45) is 5.92 Å². The van der Waals surface area contributed by atoms with Gasteiger partial charge in [-0.15, -0.1) is 11.8 Å². The van der Waals surface area contributed by atoms with Crippen LogP contribution in [-0.2, 0) is 14.3 Å². The van der Waals surface area contributed by atoms with Crippen LogP contribution in [0.5, 0.6) is 0 Å². The zero-order valence-electron chi connectivity index (χ0n) is 12.9. The SMILES string of the molecule is O=C(N1CC2(C[C@H](OCC3CCOCC3)CS2)C1)C1(F)CC1. The van der Waals surface area contributed by atoms with Crippen molar-refractivity contribution in [3.05, 3.63) is 0 Å². The molecule has 1 saturated carbocycles. The lowest BCUT2D eigenvalue weighted by atomic mass is 9.92. The summed E-state index contributed by atoms with van der Waals surface area (Å²) in [7, 11) is 0. The second-order valence-electron chi connectivity index (χ2n) is 7.34. The standard InChI is InChI=1S/C16H24FNO3S/c17-16(3-4-16)14(19)18-10-15(11-18)7-13(9-22-15)21-8-12-1-5-20-6-2-12/h12-13H,1-11H2/t13-/m0/s1. The van der Waals surface area contributed by atoms with Crippen molar-refractivity contribution >= 4 is 17.7 Å². The van der Waals surface area contributed by atoms with Gasteiger partial charge < -0.3 is 14.4 Å². The zero-order valence-corrected chi connectivity index (χ0v) is 13.7. The molecule has 1 amide bonds. The molecule has 1 spiro atoms. The highest BCUT2D eigenvalue weighted by Gasteiger charge is 2.59. The molecule has 4 rings (SSSR count). The number of amides is 1. The smallest absolute Gasteiger partial charge is 0.260 e. The fourth-order valence-electron chi connectivity index (χ4n) is 3.72. The number of carbonyl (C=O) groups excluding carboxylic acids is 1. The van der Waals surface area contributed by atoms with Crippen LogP contribution in [0, 0.1) is 5.92 Å². The summed E-state index contributed by atoms with van der Waals surface area (Å²) in [6.45, 7) is 3.97. The Kier molecular flexibility index (Phi) is 3.90. The maximum absolute atomic E-state index is 13.8. The molecule has 3 saturated heterocycles. The zero-order chi connectivity index (χ0) is 15.2. The molecule has 6 heteroatoms. The molecule has 124 valence electrons. The summed E-state index contributed by atoms with van der Waals surface area (Å²) in [5.41, 5.74) is -1.51. The molecule has 4 aliphatic rings. The lowest BCUT2D eigenvalue weighted by Gasteiger charge is -2.48. The van der Waals surface area contributed by atoms with E-state index in [1.54, 1.807) is 4.90 Å². The van der Waals surface area contributed by atoms with Gasteiger partial charge in [-0.3, -0.25) is 4.79 Å². The van der Waals surface area contributed by atoms with E-state index in [0.29, 0.717) is 38.0 Å². The fraction of sp³-hybridized carbons (Fsp3) is 0.938. The van der Waals surface area contributed by atoms with Crippen molar-refractivity contribution in [2.45, 2.75) is 48.6 Å². The molecule has 0 aromatic heterocycles. The highest BCUT2D eigenvalue weighted by atomic mass is 32.2. The van der Waals surface area contributed by atoms with Gasteiger partial charge in [-0.2, -0.15) is 0 Å². The van der Waals surface area contributed by atoms with E-state index in [0.717, 1.165) is 44.8 Å². The highest BCUT2D eigenvalue weighted by molar-refractivity contribution is 8.01. The summed E-state index contributed by atoms with van der Waals surface area (Å²) in [4.78, 5) is 13.7. The molecule has 0 bridgehead atoms. The van der Waals surface area contributed by atoms with Gasteiger partial charge in [0, 0.05) is 38.7 Å².